The molecule has 0 aliphatic carbocycles. The Morgan fingerprint density at radius 1 is 1.03 bits per heavy atom. The molecule has 3 amide bonds. The van der Waals surface area contributed by atoms with E-state index >= 15 is 0 Å². The number of rotatable bonds is 14. The summed E-state index contributed by atoms with van der Waals surface area (Å²) in [5, 5.41) is 11.5. The van der Waals surface area contributed by atoms with Crippen LogP contribution in [-0.4, -0.2) is 40.9 Å². The van der Waals surface area contributed by atoms with Gasteiger partial charge in [-0.15, -0.1) is 0 Å². The molecule has 2 aromatic carbocycles. The van der Waals surface area contributed by atoms with Crippen LogP contribution in [-0.2, 0) is 20.9 Å². The topological polar surface area (TPSA) is 108 Å². The predicted octanol–water partition coefficient (Wildman–Crippen LogP) is 4.28. The molecule has 3 N–H and O–H groups in total. The van der Waals surface area contributed by atoms with Gasteiger partial charge in [0.15, 0.2) is 0 Å². The van der Waals surface area contributed by atoms with Crippen LogP contribution in [0, 0.1) is 11.8 Å². The molecule has 0 saturated carbocycles. The van der Waals surface area contributed by atoms with Gasteiger partial charge >= 0.3 is 0 Å². The van der Waals surface area contributed by atoms with E-state index in [4.69, 9.17) is 9.94 Å². The van der Waals surface area contributed by atoms with Gasteiger partial charge < -0.3 is 15.0 Å². The fourth-order valence-corrected chi connectivity index (χ4v) is 3.73. The minimum Gasteiger partial charge on any atom is -0.457 e. The summed E-state index contributed by atoms with van der Waals surface area (Å²) in [4.78, 5) is 39.0. The van der Waals surface area contributed by atoms with Crippen molar-refractivity contribution in [1.82, 2.24) is 15.7 Å². The third kappa shape index (κ3) is 10.2. The number of carbonyl (C=O) groups is 3. The molecule has 0 bridgehead atoms. The van der Waals surface area contributed by atoms with Crippen LogP contribution in [0.15, 0.2) is 54.6 Å². The molecule has 0 aliphatic heterocycles. The largest absolute Gasteiger partial charge is 0.457 e. The molecule has 0 unspecified atom stereocenters. The number of para-hydroxylation sites is 1. The number of benzene rings is 2. The minimum absolute atomic E-state index is 0.136. The monoisotopic (exact) mass is 483 g/mol. The molecule has 8 heteroatoms. The second-order valence-corrected chi connectivity index (χ2v) is 9.01. The van der Waals surface area contributed by atoms with Gasteiger partial charge in [0.25, 0.3) is 0 Å². The Kier molecular flexibility index (Phi) is 11.8. The van der Waals surface area contributed by atoms with E-state index in [1.54, 1.807) is 10.4 Å². The van der Waals surface area contributed by atoms with Crippen LogP contribution in [0.3, 0.4) is 0 Å². The summed E-state index contributed by atoms with van der Waals surface area (Å²) >= 11 is 0. The molecular weight excluding hydrogens is 446 g/mol. The van der Waals surface area contributed by atoms with Gasteiger partial charge in [-0.25, -0.2) is 5.48 Å². The lowest BCUT2D eigenvalue weighted by Gasteiger charge is -2.24. The Bertz CT molecular complexity index is 949. The molecule has 0 spiro atoms. The van der Waals surface area contributed by atoms with Gasteiger partial charge in [-0.2, -0.15) is 0 Å². The molecule has 2 aromatic rings. The molecule has 1 atom stereocenters. The molecule has 35 heavy (non-hydrogen) atoms. The number of hydrogen-bond donors (Lipinski definition) is 3. The maximum absolute atomic E-state index is 13.0. The van der Waals surface area contributed by atoms with Crippen molar-refractivity contribution < 1.29 is 24.3 Å². The first kappa shape index (κ1) is 27.9. The van der Waals surface area contributed by atoms with Crippen LogP contribution in [0.4, 0.5) is 0 Å². The van der Waals surface area contributed by atoms with Crippen molar-refractivity contribution in [2.45, 2.75) is 53.0 Å². The van der Waals surface area contributed by atoms with Crippen molar-refractivity contribution in [3.05, 3.63) is 60.2 Å². The summed E-state index contributed by atoms with van der Waals surface area (Å²) in [5.74, 6) is -0.217. The second kappa shape index (κ2) is 14.8. The summed E-state index contributed by atoms with van der Waals surface area (Å²) in [7, 11) is 0. The first-order chi connectivity index (χ1) is 16.8. The summed E-state index contributed by atoms with van der Waals surface area (Å²) in [6.07, 6.45) is 2.11. The van der Waals surface area contributed by atoms with Crippen molar-refractivity contribution in [1.29, 1.82) is 0 Å². The van der Waals surface area contributed by atoms with Crippen LogP contribution < -0.4 is 15.5 Å². The highest BCUT2D eigenvalue weighted by molar-refractivity contribution is 5.88. The zero-order valence-corrected chi connectivity index (χ0v) is 20.8. The predicted molar refractivity (Wildman–Crippen MR) is 134 cm³/mol. The maximum atomic E-state index is 13.0. The molecule has 2 rings (SSSR count). The molecule has 0 aromatic heterocycles. The van der Waals surface area contributed by atoms with Crippen LogP contribution >= 0.6 is 0 Å². The van der Waals surface area contributed by atoms with E-state index in [1.165, 1.54) is 0 Å². The Morgan fingerprint density at radius 3 is 2.40 bits per heavy atom. The van der Waals surface area contributed by atoms with E-state index in [0.29, 0.717) is 25.3 Å². The Balaban J connectivity index is 2.03. The van der Waals surface area contributed by atoms with Gasteiger partial charge in [-0.05, 0) is 48.6 Å². The highest BCUT2D eigenvalue weighted by Crippen LogP contribution is 2.22. The lowest BCUT2D eigenvalue weighted by atomic mass is 9.93. The van der Waals surface area contributed by atoms with Gasteiger partial charge in [-0.1, -0.05) is 57.5 Å². The van der Waals surface area contributed by atoms with E-state index in [0.717, 1.165) is 24.2 Å². The zero-order chi connectivity index (χ0) is 25.6. The lowest BCUT2D eigenvalue weighted by Crippen LogP contribution is -2.43. The number of unbranched alkanes of at least 4 members (excludes halogenated alkanes) is 1. The lowest BCUT2D eigenvalue weighted by molar-refractivity contribution is -0.137. The Hall–Kier alpha value is -3.39. The van der Waals surface area contributed by atoms with Gasteiger partial charge in [0.05, 0.1) is 6.54 Å². The fourth-order valence-electron chi connectivity index (χ4n) is 3.73. The number of nitrogens with one attached hydrogen (secondary N) is 2. The van der Waals surface area contributed by atoms with E-state index in [-0.39, 0.29) is 30.7 Å². The van der Waals surface area contributed by atoms with Gasteiger partial charge in [0, 0.05) is 25.4 Å². The smallest absolute Gasteiger partial charge is 0.244 e. The quantitative estimate of drug-likeness (QED) is 0.275. The summed E-state index contributed by atoms with van der Waals surface area (Å²) < 4.78 is 5.91. The van der Waals surface area contributed by atoms with Crippen LogP contribution in [0.25, 0.3) is 0 Å². The number of hydrogen-bond acceptors (Lipinski definition) is 5. The average molecular weight is 484 g/mol. The van der Waals surface area contributed by atoms with Gasteiger partial charge in [-0.3, -0.25) is 19.6 Å². The normalized spacial score (nSPS) is 11.6. The summed E-state index contributed by atoms with van der Waals surface area (Å²) in [6, 6.07) is 17.1. The molecule has 0 aliphatic rings. The Morgan fingerprint density at radius 2 is 1.74 bits per heavy atom. The van der Waals surface area contributed by atoms with Crippen molar-refractivity contribution in [2.75, 3.05) is 13.1 Å². The summed E-state index contributed by atoms with van der Waals surface area (Å²) in [5.41, 5.74) is 2.50. The van der Waals surface area contributed by atoms with E-state index in [9.17, 15) is 14.4 Å². The standard InChI is InChI=1S/C27H37N3O5/c1-4-5-14-30(19-21-10-9-13-24(16-21)35-23-11-7-6-8-12-23)26(32)18-28-27(33)22(15-20(2)3)17-25(31)29-34/h6-13,16,20,22,34H,4-5,14-15,17-19H2,1-3H3,(H,28,33)(H,29,31)/t22-/m1/s1. The zero-order valence-electron chi connectivity index (χ0n) is 20.8. The number of ether oxygens (including phenoxy) is 1. The number of carbonyl (C=O) groups excluding carboxylic acids is 3. The molecule has 0 saturated heterocycles. The molecule has 0 radical (unpaired) electrons. The van der Waals surface area contributed by atoms with Gasteiger partial charge in [0.2, 0.25) is 17.7 Å². The number of hydroxylamine groups is 1. The van der Waals surface area contributed by atoms with Crippen molar-refractivity contribution >= 4 is 17.7 Å². The van der Waals surface area contributed by atoms with E-state index in [1.807, 2.05) is 68.4 Å². The van der Waals surface area contributed by atoms with Crippen LogP contribution in [0.1, 0.15) is 52.0 Å². The fraction of sp³-hybridized carbons (Fsp3) is 0.444. The van der Waals surface area contributed by atoms with Crippen LogP contribution in [0.5, 0.6) is 11.5 Å². The van der Waals surface area contributed by atoms with Crippen molar-refractivity contribution in [3.8, 4) is 11.5 Å². The summed E-state index contributed by atoms with van der Waals surface area (Å²) in [6.45, 7) is 6.76. The second-order valence-electron chi connectivity index (χ2n) is 9.01. The van der Waals surface area contributed by atoms with Gasteiger partial charge in [0.1, 0.15) is 11.5 Å². The number of nitrogens with zero attached hydrogens (tertiary/aromatic N) is 1. The van der Waals surface area contributed by atoms with Crippen molar-refractivity contribution in [2.24, 2.45) is 11.8 Å². The third-order valence-corrected chi connectivity index (χ3v) is 5.48. The Labute approximate surface area is 207 Å². The molecule has 190 valence electrons. The highest BCUT2D eigenvalue weighted by atomic mass is 16.5. The van der Waals surface area contributed by atoms with E-state index < -0.39 is 11.8 Å². The minimum atomic E-state index is -0.626. The first-order valence-corrected chi connectivity index (χ1v) is 12.1. The molecule has 0 fully saturated rings. The SMILES string of the molecule is CCCCN(Cc1cccc(Oc2ccccc2)c1)C(=O)CNC(=O)[C@@H](CC(=O)NO)CC(C)C. The maximum Gasteiger partial charge on any atom is 0.244 e. The number of amides is 3. The molecule has 8 nitrogen and oxygen atoms in total. The first-order valence-electron chi connectivity index (χ1n) is 12.1. The molecular formula is C27H37N3O5. The third-order valence-electron chi connectivity index (χ3n) is 5.48. The van der Waals surface area contributed by atoms with Crippen LogP contribution in [0.2, 0.25) is 0 Å². The molecule has 0 heterocycles. The average Bonchev–Trinajstić information content (AvgIpc) is 2.84. The van der Waals surface area contributed by atoms with Crippen molar-refractivity contribution in [3.63, 3.8) is 0 Å². The van der Waals surface area contributed by atoms with E-state index in [2.05, 4.69) is 12.2 Å². The highest BCUT2D eigenvalue weighted by Gasteiger charge is 2.24.